The predicted molar refractivity (Wildman–Crippen MR) is 71.7 cm³/mol. The maximum absolute atomic E-state index is 12.2. The third-order valence-corrected chi connectivity index (χ3v) is 4.80. The molecule has 106 valence electrons. The highest BCUT2D eigenvalue weighted by molar-refractivity contribution is 7.89. The normalized spacial score (nSPS) is 17.5. The minimum Gasteiger partial charge on any atom is -0.491 e. The van der Waals surface area contributed by atoms with Gasteiger partial charge in [0, 0.05) is 13.1 Å². The van der Waals surface area contributed by atoms with E-state index in [1.165, 1.54) is 4.31 Å². The van der Waals surface area contributed by atoms with Gasteiger partial charge in [0.25, 0.3) is 0 Å². The molecule has 0 radical (unpaired) electrons. The van der Waals surface area contributed by atoms with Crippen LogP contribution in [0.5, 0.6) is 5.75 Å². The second kappa shape index (κ2) is 5.11. The molecule has 2 rings (SSSR count). The van der Waals surface area contributed by atoms with E-state index < -0.39 is 16.1 Å². The van der Waals surface area contributed by atoms with Crippen molar-refractivity contribution >= 4 is 10.0 Å². The van der Waals surface area contributed by atoms with Crippen LogP contribution in [0, 0.1) is 6.92 Å². The molecule has 1 aromatic rings. The standard InChI is InChI=1S/C13H19NO4S/c1-9(2)18-13-5-4-12(6-10(13)3)19(16,17)14-7-11(15)8-14/h4-6,9,11,15H,7-8H2,1-3H3. The molecule has 5 nitrogen and oxygen atoms in total. The number of nitrogens with zero attached hydrogens (tertiary/aromatic N) is 1. The summed E-state index contributed by atoms with van der Waals surface area (Å²) in [5.74, 6) is 0.692. The number of sulfonamides is 1. The Morgan fingerprint density at radius 3 is 2.47 bits per heavy atom. The van der Waals surface area contributed by atoms with E-state index in [-0.39, 0.29) is 24.1 Å². The fourth-order valence-corrected chi connectivity index (χ4v) is 3.53. The summed E-state index contributed by atoms with van der Waals surface area (Å²) >= 11 is 0. The Hall–Kier alpha value is -1.11. The van der Waals surface area contributed by atoms with E-state index in [1.807, 2.05) is 20.8 Å². The lowest BCUT2D eigenvalue weighted by Gasteiger charge is -2.34. The van der Waals surface area contributed by atoms with Crippen LogP contribution in [0.25, 0.3) is 0 Å². The molecule has 1 aliphatic rings. The van der Waals surface area contributed by atoms with Crippen LogP contribution in [0.2, 0.25) is 0 Å². The second-order valence-electron chi connectivity index (χ2n) is 5.07. The Balaban J connectivity index is 2.24. The molecule has 0 bridgehead atoms. The number of aliphatic hydroxyl groups excluding tert-OH is 1. The zero-order valence-electron chi connectivity index (χ0n) is 11.3. The smallest absolute Gasteiger partial charge is 0.243 e. The second-order valence-corrected chi connectivity index (χ2v) is 7.01. The van der Waals surface area contributed by atoms with Crippen molar-refractivity contribution in [3.63, 3.8) is 0 Å². The summed E-state index contributed by atoms with van der Waals surface area (Å²) in [7, 11) is -3.49. The van der Waals surface area contributed by atoms with Crippen molar-refractivity contribution in [2.45, 2.75) is 37.9 Å². The van der Waals surface area contributed by atoms with Crippen LogP contribution in [0.1, 0.15) is 19.4 Å². The minimum absolute atomic E-state index is 0.0479. The molecule has 0 saturated carbocycles. The van der Waals surface area contributed by atoms with E-state index in [4.69, 9.17) is 4.74 Å². The Morgan fingerprint density at radius 1 is 1.37 bits per heavy atom. The molecule has 0 unspecified atom stereocenters. The van der Waals surface area contributed by atoms with Gasteiger partial charge < -0.3 is 9.84 Å². The average molecular weight is 285 g/mol. The van der Waals surface area contributed by atoms with Crippen LogP contribution < -0.4 is 4.74 Å². The Labute approximate surface area is 113 Å². The number of aliphatic hydroxyl groups is 1. The van der Waals surface area contributed by atoms with E-state index in [2.05, 4.69) is 0 Å². The fourth-order valence-electron chi connectivity index (χ4n) is 1.93. The predicted octanol–water partition coefficient (Wildman–Crippen LogP) is 1.15. The van der Waals surface area contributed by atoms with Crippen LogP contribution >= 0.6 is 0 Å². The van der Waals surface area contributed by atoms with Crippen molar-refractivity contribution in [2.75, 3.05) is 13.1 Å². The van der Waals surface area contributed by atoms with Gasteiger partial charge in [-0.25, -0.2) is 8.42 Å². The largest absolute Gasteiger partial charge is 0.491 e. The summed E-state index contributed by atoms with van der Waals surface area (Å²) in [5, 5.41) is 9.20. The third kappa shape index (κ3) is 2.91. The first kappa shape index (κ1) is 14.3. The molecule has 1 aliphatic heterocycles. The molecule has 0 aliphatic carbocycles. The van der Waals surface area contributed by atoms with Gasteiger partial charge in [0.15, 0.2) is 0 Å². The lowest BCUT2D eigenvalue weighted by Crippen LogP contribution is -2.53. The van der Waals surface area contributed by atoms with E-state index in [0.717, 1.165) is 5.56 Å². The van der Waals surface area contributed by atoms with Crippen molar-refractivity contribution in [2.24, 2.45) is 0 Å². The van der Waals surface area contributed by atoms with Gasteiger partial charge in [-0.1, -0.05) is 0 Å². The summed E-state index contributed by atoms with van der Waals surface area (Å²) < 4.78 is 31.3. The number of aryl methyl sites for hydroxylation is 1. The van der Waals surface area contributed by atoms with Crippen LogP contribution in [-0.4, -0.2) is 43.1 Å². The van der Waals surface area contributed by atoms with Crippen LogP contribution in [0.15, 0.2) is 23.1 Å². The van der Waals surface area contributed by atoms with Crippen LogP contribution in [0.4, 0.5) is 0 Å². The number of hydrogen-bond acceptors (Lipinski definition) is 4. The highest BCUT2D eigenvalue weighted by atomic mass is 32.2. The summed E-state index contributed by atoms with van der Waals surface area (Å²) in [4.78, 5) is 0.244. The quantitative estimate of drug-likeness (QED) is 0.901. The molecule has 0 amide bonds. The number of rotatable bonds is 4. The van der Waals surface area contributed by atoms with Crippen molar-refractivity contribution in [3.8, 4) is 5.75 Å². The lowest BCUT2D eigenvalue weighted by atomic mass is 10.2. The Bertz CT molecular complexity index is 562. The first-order chi connectivity index (χ1) is 8.80. The Kier molecular flexibility index (Phi) is 3.85. The van der Waals surface area contributed by atoms with Gasteiger partial charge in [0.05, 0.1) is 17.1 Å². The molecule has 6 heteroatoms. The lowest BCUT2D eigenvalue weighted by molar-refractivity contribution is 0.0548. The van der Waals surface area contributed by atoms with Crippen molar-refractivity contribution in [1.29, 1.82) is 0 Å². The van der Waals surface area contributed by atoms with Crippen molar-refractivity contribution in [3.05, 3.63) is 23.8 Å². The number of hydrogen-bond donors (Lipinski definition) is 1. The topological polar surface area (TPSA) is 66.8 Å². The first-order valence-corrected chi connectivity index (χ1v) is 7.70. The number of benzene rings is 1. The van der Waals surface area contributed by atoms with E-state index in [9.17, 15) is 13.5 Å². The molecule has 0 spiro atoms. The summed E-state index contributed by atoms with van der Waals surface area (Å²) in [6.45, 7) is 6.01. The monoisotopic (exact) mass is 285 g/mol. The maximum Gasteiger partial charge on any atom is 0.243 e. The molecule has 1 aromatic carbocycles. The van der Waals surface area contributed by atoms with Gasteiger partial charge in [0.1, 0.15) is 5.75 Å². The minimum atomic E-state index is -3.49. The van der Waals surface area contributed by atoms with Crippen molar-refractivity contribution in [1.82, 2.24) is 4.31 Å². The summed E-state index contributed by atoms with van der Waals surface area (Å²) in [5.41, 5.74) is 0.788. The highest BCUT2D eigenvalue weighted by Crippen LogP contribution is 2.26. The maximum atomic E-state index is 12.2. The van der Waals surface area contributed by atoms with Crippen molar-refractivity contribution < 1.29 is 18.3 Å². The molecule has 0 aromatic heterocycles. The van der Waals surface area contributed by atoms with Gasteiger partial charge in [0.2, 0.25) is 10.0 Å². The molecule has 1 fully saturated rings. The van der Waals surface area contributed by atoms with Gasteiger partial charge in [-0.05, 0) is 44.5 Å². The third-order valence-electron chi connectivity index (χ3n) is 2.98. The van der Waals surface area contributed by atoms with E-state index in [1.54, 1.807) is 18.2 Å². The summed E-state index contributed by atoms with van der Waals surface area (Å²) in [6.07, 6.45) is -0.494. The molecule has 19 heavy (non-hydrogen) atoms. The molecule has 0 atom stereocenters. The zero-order chi connectivity index (χ0) is 14.2. The van der Waals surface area contributed by atoms with E-state index >= 15 is 0 Å². The van der Waals surface area contributed by atoms with Crippen LogP contribution in [0.3, 0.4) is 0 Å². The Morgan fingerprint density at radius 2 is 2.00 bits per heavy atom. The van der Waals surface area contributed by atoms with Gasteiger partial charge >= 0.3 is 0 Å². The average Bonchev–Trinajstić information content (AvgIpc) is 2.27. The zero-order valence-corrected chi connectivity index (χ0v) is 12.1. The number of β-amino-alcohol motifs (C(OH)–C–C–N with tert-alkyl or cyclic N) is 1. The van der Waals surface area contributed by atoms with Gasteiger partial charge in [-0.2, -0.15) is 4.31 Å². The van der Waals surface area contributed by atoms with Gasteiger partial charge in [-0.15, -0.1) is 0 Å². The van der Waals surface area contributed by atoms with Crippen LogP contribution in [-0.2, 0) is 10.0 Å². The first-order valence-electron chi connectivity index (χ1n) is 6.26. The molecule has 1 saturated heterocycles. The SMILES string of the molecule is Cc1cc(S(=O)(=O)N2CC(O)C2)ccc1OC(C)C. The fraction of sp³-hybridized carbons (Fsp3) is 0.538. The van der Waals surface area contributed by atoms with Gasteiger partial charge in [-0.3, -0.25) is 0 Å². The molecule has 1 N–H and O–H groups in total. The van der Waals surface area contributed by atoms with E-state index in [0.29, 0.717) is 5.75 Å². The molecule has 1 heterocycles. The highest BCUT2D eigenvalue weighted by Gasteiger charge is 2.35. The number of ether oxygens (including phenoxy) is 1. The molecular weight excluding hydrogens is 266 g/mol. The summed E-state index contributed by atoms with van der Waals surface area (Å²) in [6, 6.07) is 4.83. The molecular formula is C13H19NO4S.